The van der Waals surface area contributed by atoms with Crippen molar-refractivity contribution in [2.24, 2.45) is 0 Å². The van der Waals surface area contributed by atoms with Gasteiger partial charge in [0.15, 0.2) is 0 Å². The summed E-state index contributed by atoms with van der Waals surface area (Å²) in [6, 6.07) is 16.7. The lowest BCUT2D eigenvalue weighted by molar-refractivity contribution is -0.0186. The fraction of sp³-hybridized carbons (Fsp3) is 0.455. The van der Waals surface area contributed by atoms with Crippen LogP contribution in [0.25, 0.3) is 0 Å². The Labute approximate surface area is 184 Å². The molecule has 1 fully saturated rings. The predicted molar refractivity (Wildman–Crippen MR) is 119 cm³/mol. The molecule has 6 nitrogen and oxygen atoms in total. The van der Waals surface area contributed by atoms with Crippen molar-refractivity contribution in [2.45, 2.75) is 24.9 Å². The molecule has 0 radical (unpaired) electrons. The van der Waals surface area contributed by atoms with E-state index in [2.05, 4.69) is 4.90 Å². The lowest BCUT2D eigenvalue weighted by atomic mass is 10.1. The van der Waals surface area contributed by atoms with Crippen LogP contribution in [0.1, 0.15) is 24.2 Å². The first kappa shape index (κ1) is 23.2. The highest BCUT2D eigenvalue weighted by atomic mass is 35.5. The zero-order valence-electron chi connectivity index (χ0n) is 17.2. The fourth-order valence-electron chi connectivity index (χ4n) is 3.50. The molecule has 2 atom stereocenters. The Kier molecular flexibility index (Phi) is 8.27. The fourth-order valence-corrected chi connectivity index (χ4v) is 5.14. The Morgan fingerprint density at radius 1 is 1.03 bits per heavy atom. The summed E-state index contributed by atoms with van der Waals surface area (Å²) in [6.07, 6.45) is -0.774. The first-order valence-corrected chi connectivity index (χ1v) is 12.1. The standard InChI is InChI=1S/C22H29ClN2O4S/c1-18(20-7-9-21(23)10-8-20)29-16-22(26)15-24-11-13-25(14-12-24)30(27,28)17-19-5-3-2-4-6-19/h2-10,18,22,26H,11-17H2,1H3/t18-,22+/m1/s1. The minimum atomic E-state index is -3.33. The number of aliphatic hydroxyl groups is 1. The molecule has 1 N–H and O–H groups in total. The number of rotatable bonds is 9. The molecule has 1 aliphatic rings. The molecular formula is C22H29ClN2O4S. The number of ether oxygens (including phenoxy) is 1. The zero-order valence-corrected chi connectivity index (χ0v) is 18.7. The van der Waals surface area contributed by atoms with Gasteiger partial charge in [0.1, 0.15) is 0 Å². The molecule has 1 saturated heterocycles. The number of sulfonamides is 1. The van der Waals surface area contributed by atoms with Crippen LogP contribution in [0.4, 0.5) is 0 Å². The molecule has 0 saturated carbocycles. The van der Waals surface area contributed by atoms with Crippen molar-refractivity contribution in [1.29, 1.82) is 0 Å². The second kappa shape index (κ2) is 10.7. The summed E-state index contributed by atoms with van der Waals surface area (Å²) in [5.41, 5.74) is 1.80. The molecule has 1 heterocycles. The van der Waals surface area contributed by atoms with E-state index in [1.54, 1.807) is 4.31 Å². The molecule has 0 amide bonds. The third kappa shape index (κ3) is 6.77. The van der Waals surface area contributed by atoms with Gasteiger partial charge in [-0.2, -0.15) is 4.31 Å². The van der Waals surface area contributed by atoms with Gasteiger partial charge in [0, 0.05) is 37.7 Å². The second-order valence-electron chi connectivity index (χ2n) is 7.62. The summed E-state index contributed by atoms with van der Waals surface area (Å²) in [6.45, 7) is 4.67. The molecule has 8 heteroatoms. The van der Waals surface area contributed by atoms with Crippen LogP contribution in [0.15, 0.2) is 54.6 Å². The third-order valence-electron chi connectivity index (χ3n) is 5.26. The van der Waals surface area contributed by atoms with E-state index in [4.69, 9.17) is 16.3 Å². The topological polar surface area (TPSA) is 70.1 Å². The van der Waals surface area contributed by atoms with Gasteiger partial charge < -0.3 is 9.84 Å². The van der Waals surface area contributed by atoms with Crippen LogP contribution in [0.3, 0.4) is 0 Å². The lowest BCUT2D eigenvalue weighted by Gasteiger charge is -2.35. The Morgan fingerprint density at radius 2 is 1.67 bits per heavy atom. The number of nitrogens with zero attached hydrogens (tertiary/aromatic N) is 2. The number of piperazine rings is 1. The summed E-state index contributed by atoms with van der Waals surface area (Å²) in [5.74, 6) is 0.0207. The molecule has 3 rings (SSSR count). The largest absolute Gasteiger partial charge is 0.389 e. The van der Waals surface area contributed by atoms with Crippen molar-refractivity contribution >= 4 is 21.6 Å². The van der Waals surface area contributed by atoms with Crippen molar-refractivity contribution in [2.75, 3.05) is 39.3 Å². The highest BCUT2D eigenvalue weighted by Crippen LogP contribution is 2.19. The average molecular weight is 453 g/mol. The highest BCUT2D eigenvalue weighted by Gasteiger charge is 2.27. The van der Waals surface area contributed by atoms with Crippen LogP contribution in [-0.2, 0) is 20.5 Å². The highest BCUT2D eigenvalue weighted by molar-refractivity contribution is 7.88. The van der Waals surface area contributed by atoms with E-state index in [1.807, 2.05) is 61.5 Å². The first-order chi connectivity index (χ1) is 14.3. The zero-order chi connectivity index (χ0) is 21.6. The number of benzene rings is 2. The Bertz CT molecular complexity index is 885. The van der Waals surface area contributed by atoms with Gasteiger partial charge >= 0.3 is 0 Å². The third-order valence-corrected chi connectivity index (χ3v) is 7.37. The van der Waals surface area contributed by atoms with E-state index in [9.17, 15) is 13.5 Å². The van der Waals surface area contributed by atoms with Crippen molar-refractivity contribution in [3.05, 3.63) is 70.7 Å². The second-order valence-corrected chi connectivity index (χ2v) is 10.0. The molecule has 0 aliphatic carbocycles. The number of β-amino-alcohol motifs (C(OH)–C–C–N with tert-alkyl or cyclic N) is 1. The van der Waals surface area contributed by atoms with Gasteiger partial charge in [0.05, 0.1) is 24.6 Å². The summed E-state index contributed by atoms with van der Waals surface area (Å²) in [7, 11) is -3.33. The van der Waals surface area contributed by atoms with Crippen molar-refractivity contribution in [3.63, 3.8) is 0 Å². The van der Waals surface area contributed by atoms with Crippen molar-refractivity contribution in [3.8, 4) is 0 Å². The Morgan fingerprint density at radius 3 is 2.30 bits per heavy atom. The molecule has 1 aliphatic heterocycles. The van der Waals surface area contributed by atoms with E-state index in [0.29, 0.717) is 37.7 Å². The molecular weight excluding hydrogens is 424 g/mol. The smallest absolute Gasteiger partial charge is 0.218 e. The summed E-state index contributed by atoms with van der Waals surface area (Å²) < 4.78 is 32.6. The number of hydrogen-bond donors (Lipinski definition) is 1. The number of hydrogen-bond acceptors (Lipinski definition) is 5. The van der Waals surface area contributed by atoms with E-state index < -0.39 is 16.1 Å². The van der Waals surface area contributed by atoms with Crippen LogP contribution in [-0.4, -0.2) is 68.2 Å². The maximum absolute atomic E-state index is 12.6. The van der Waals surface area contributed by atoms with Gasteiger partial charge in [-0.05, 0) is 30.2 Å². The molecule has 2 aromatic carbocycles. The van der Waals surface area contributed by atoms with Crippen LogP contribution >= 0.6 is 11.6 Å². The Balaban J connectivity index is 1.41. The Hall–Kier alpha value is -1.48. The number of aliphatic hydroxyl groups excluding tert-OH is 1. The normalized spacial score (nSPS) is 18.2. The maximum Gasteiger partial charge on any atom is 0.218 e. The summed E-state index contributed by atoms with van der Waals surface area (Å²) >= 11 is 5.90. The molecule has 2 aromatic rings. The van der Waals surface area contributed by atoms with Crippen molar-refractivity contribution < 1.29 is 18.3 Å². The van der Waals surface area contributed by atoms with Gasteiger partial charge in [-0.25, -0.2) is 8.42 Å². The minimum Gasteiger partial charge on any atom is -0.389 e. The van der Waals surface area contributed by atoms with Crippen LogP contribution < -0.4 is 0 Å². The average Bonchev–Trinajstić information content (AvgIpc) is 2.73. The van der Waals surface area contributed by atoms with E-state index in [1.165, 1.54) is 0 Å². The molecule has 164 valence electrons. The lowest BCUT2D eigenvalue weighted by Crippen LogP contribution is -2.51. The first-order valence-electron chi connectivity index (χ1n) is 10.1. The van der Waals surface area contributed by atoms with E-state index in [0.717, 1.165) is 11.1 Å². The van der Waals surface area contributed by atoms with Crippen LogP contribution in [0.5, 0.6) is 0 Å². The molecule has 0 unspecified atom stereocenters. The number of halogens is 1. The minimum absolute atomic E-state index is 0.0207. The molecule has 0 bridgehead atoms. The predicted octanol–water partition coefficient (Wildman–Crippen LogP) is 2.93. The molecule has 0 spiro atoms. The van der Waals surface area contributed by atoms with E-state index >= 15 is 0 Å². The maximum atomic E-state index is 12.6. The van der Waals surface area contributed by atoms with Gasteiger partial charge in [-0.3, -0.25) is 4.90 Å². The van der Waals surface area contributed by atoms with Crippen molar-refractivity contribution in [1.82, 2.24) is 9.21 Å². The SMILES string of the molecule is C[C@@H](OC[C@@H](O)CN1CCN(S(=O)(=O)Cc2ccccc2)CC1)c1ccc(Cl)cc1. The van der Waals surface area contributed by atoms with Gasteiger partial charge in [-0.15, -0.1) is 0 Å². The van der Waals surface area contributed by atoms with Gasteiger partial charge in [0.25, 0.3) is 0 Å². The summed E-state index contributed by atoms with van der Waals surface area (Å²) in [5, 5.41) is 11.0. The quantitative estimate of drug-likeness (QED) is 0.633. The van der Waals surface area contributed by atoms with Crippen LogP contribution in [0, 0.1) is 0 Å². The van der Waals surface area contributed by atoms with Gasteiger partial charge in [0.2, 0.25) is 10.0 Å². The van der Waals surface area contributed by atoms with E-state index in [-0.39, 0.29) is 18.5 Å². The van der Waals surface area contributed by atoms with Gasteiger partial charge in [-0.1, -0.05) is 54.1 Å². The molecule has 30 heavy (non-hydrogen) atoms. The van der Waals surface area contributed by atoms with Crippen LogP contribution in [0.2, 0.25) is 5.02 Å². The molecule has 0 aromatic heterocycles. The monoisotopic (exact) mass is 452 g/mol. The summed E-state index contributed by atoms with van der Waals surface area (Å²) in [4.78, 5) is 2.08.